The number of rotatable bonds is 9. The standard InChI is InChI=1S/C25H29FN2O/c1-3-4-6-11-22-24(20-12-14-21(26)15-13-20)23(25(27)29)18(2)28(22)17-16-19-9-7-5-8-10-19/h5,7-10,12-15H,3-4,6,11,16-17H2,1-2H3,(H2,27,29). The van der Waals surface area contributed by atoms with Crippen LogP contribution in [0.1, 0.15) is 53.5 Å². The summed E-state index contributed by atoms with van der Waals surface area (Å²) in [7, 11) is 0. The fourth-order valence-corrected chi connectivity index (χ4v) is 4.02. The van der Waals surface area contributed by atoms with Crippen LogP contribution in [0.4, 0.5) is 4.39 Å². The van der Waals surface area contributed by atoms with Crippen LogP contribution in [0.15, 0.2) is 54.6 Å². The van der Waals surface area contributed by atoms with Gasteiger partial charge in [-0.25, -0.2) is 4.39 Å². The molecule has 152 valence electrons. The number of halogens is 1. The smallest absolute Gasteiger partial charge is 0.251 e. The molecule has 0 fully saturated rings. The molecule has 0 saturated heterocycles. The molecule has 3 aromatic rings. The largest absolute Gasteiger partial charge is 0.366 e. The highest BCUT2D eigenvalue weighted by Gasteiger charge is 2.24. The minimum Gasteiger partial charge on any atom is -0.366 e. The van der Waals surface area contributed by atoms with Gasteiger partial charge in [0.15, 0.2) is 0 Å². The summed E-state index contributed by atoms with van der Waals surface area (Å²) in [6, 6.07) is 16.7. The molecule has 29 heavy (non-hydrogen) atoms. The zero-order valence-electron chi connectivity index (χ0n) is 17.2. The molecule has 2 N–H and O–H groups in total. The minimum atomic E-state index is -0.433. The molecule has 0 bridgehead atoms. The van der Waals surface area contributed by atoms with Crippen molar-refractivity contribution >= 4 is 5.91 Å². The van der Waals surface area contributed by atoms with E-state index in [1.54, 1.807) is 12.1 Å². The van der Waals surface area contributed by atoms with Gasteiger partial charge in [-0.2, -0.15) is 0 Å². The Bertz CT molecular complexity index is 959. The monoisotopic (exact) mass is 392 g/mol. The number of carbonyl (C=O) groups excluding carboxylic acids is 1. The molecule has 1 aromatic heterocycles. The summed E-state index contributed by atoms with van der Waals surface area (Å²) in [4.78, 5) is 12.4. The van der Waals surface area contributed by atoms with Crippen LogP contribution in [0, 0.1) is 12.7 Å². The van der Waals surface area contributed by atoms with Gasteiger partial charge in [-0.15, -0.1) is 0 Å². The first-order chi connectivity index (χ1) is 14.0. The van der Waals surface area contributed by atoms with Crippen molar-refractivity contribution in [1.82, 2.24) is 4.57 Å². The molecule has 0 aliphatic carbocycles. The number of unbranched alkanes of at least 4 members (excludes halogenated alkanes) is 2. The molecule has 2 aromatic carbocycles. The van der Waals surface area contributed by atoms with Gasteiger partial charge in [0.1, 0.15) is 5.82 Å². The van der Waals surface area contributed by atoms with E-state index in [1.165, 1.54) is 17.7 Å². The Labute approximate surface area is 172 Å². The Kier molecular flexibility index (Phi) is 6.86. The van der Waals surface area contributed by atoms with Gasteiger partial charge in [-0.1, -0.05) is 62.2 Å². The van der Waals surface area contributed by atoms with Crippen LogP contribution >= 0.6 is 0 Å². The molecule has 0 aliphatic heterocycles. The third-order valence-electron chi connectivity index (χ3n) is 5.49. The molecule has 0 spiro atoms. The first kappa shape index (κ1) is 20.8. The van der Waals surface area contributed by atoms with Crippen molar-refractivity contribution in [3.63, 3.8) is 0 Å². The van der Waals surface area contributed by atoms with Crippen molar-refractivity contribution < 1.29 is 9.18 Å². The minimum absolute atomic E-state index is 0.290. The maximum absolute atomic E-state index is 13.5. The van der Waals surface area contributed by atoms with Gasteiger partial charge in [0.05, 0.1) is 5.56 Å². The normalized spacial score (nSPS) is 11.0. The van der Waals surface area contributed by atoms with Crippen LogP contribution in [0.2, 0.25) is 0 Å². The number of aromatic nitrogens is 1. The van der Waals surface area contributed by atoms with Gasteiger partial charge in [-0.05, 0) is 49.4 Å². The lowest BCUT2D eigenvalue weighted by molar-refractivity contribution is 0.1000. The number of primary amides is 1. The summed E-state index contributed by atoms with van der Waals surface area (Å²) >= 11 is 0. The molecular weight excluding hydrogens is 363 g/mol. The fourth-order valence-electron chi connectivity index (χ4n) is 4.02. The van der Waals surface area contributed by atoms with E-state index >= 15 is 0 Å². The maximum Gasteiger partial charge on any atom is 0.251 e. The van der Waals surface area contributed by atoms with E-state index in [4.69, 9.17) is 5.73 Å². The SMILES string of the molecule is CCCCCc1c(-c2ccc(F)cc2)c(C(N)=O)c(C)n1CCc1ccccc1. The number of hydrogen-bond acceptors (Lipinski definition) is 1. The number of nitrogens with zero attached hydrogens (tertiary/aromatic N) is 1. The van der Waals surface area contributed by atoms with E-state index in [2.05, 4.69) is 23.6 Å². The second kappa shape index (κ2) is 9.55. The highest BCUT2D eigenvalue weighted by Crippen LogP contribution is 2.34. The summed E-state index contributed by atoms with van der Waals surface area (Å²) in [6.07, 6.45) is 5.02. The van der Waals surface area contributed by atoms with Gasteiger partial charge in [0, 0.05) is 23.5 Å². The van der Waals surface area contributed by atoms with Gasteiger partial charge >= 0.3 is 0 Å². The highest BCUT2D eigenvalue weighted by molar-refractivity contribution is 6.02. The predicted molar refractivity (Wildman–Crippen MR) is 116 cm³/mol. The number of amides is 1. The lowest BCUT2D eigenvalue weighted by atomic mass is 9.97. The third-order valence-corrected chi connectivity index (χ3v) is 5.49. The first-order valence-electron chi connectivity index (χ1n) is 10.3. The van der Waals surface area contributed by atoms with E-state index in [0.717, 1.165) is 61.2 Å². The summed E-state index contributed by atoms with van der Waals surface area (Å²) in [6.45, 7) is 4.91. The van der Waals surface area contributed by atoms with Gasteiger partial charge in [-0.3, -0.25) is 4.79 Å². The Hall–Kier alpha value is -2.88. The van der Waals surface area contributed by atoms with Crippen LogP contribution in [0.25, 0.3) is 11.1 Å². The lowest BCUT2D eigenvalue weighted by Gasteiger charge is -2.14. The van der Waals surface area contributed by atoms with E-state index in [9.17, 15) is 9.18 Å². The maximum atomic E-state index is 13.5. The van der Waals surface area contributed by atoms with Gasteiger partial charge in [0.25, 0.3) is 5.91 Å². The van der Waals surface area contributed by atoms with Crippen molar-refractivity contribution in [3.05, 3.63) is 82.9 Å². The van der Waals surface area contributed by atoms with Crippen LogP contribution in [0.3, 0.4) is 0 Å². The third kappa shape index (κ3) is 4.76. The molecule has 0 aliphatic rings. The second-order valence-corrected chi connectivity index (χ2v) is 7.50. The first-order valence-corrected chi connectivity index (χ1v) is 10.3. The highest BCUT2D eigenvalue weighted by atomic mass is 19.1. The molecule has 4 heteroatoms. The summed E-state index contributed by atoms with van der Waals surface area (Å²) in [5.41, 5.74) is 11.3. The van der Waals surface area contributed by atoms with Crippen molar-refractivity contribution in [2.75, 3.05) is 0 Å². The molecule has 0 saturated carbocycles. The molecule has 0 atom stereocenters. The average Bonchev–Trinajstić information content (AvgIpc) is 3.00. The van der Waals surface area contributed by atoms with Gasteiger partial charge in [0.2, 0.25) is 0 Å². The molecule has 1 heterocycles. The molecule has 0 unspecified atom stereocenters. The van der Waals surface area contributed by atoms with Crippen LogP contribution in [-0.2, 0) is 19.4 Å². The molecule has 0 radical (unpaired) electrons. The van der Waals surface area contributed by atoms with Crippen molar-refractivity contribution in [2.24, 2.45) is 5.73 Å². The Morgan fingerprint density at radius 1 is 1.00 bits per heavy atom. The van der Waals surface area contributed by atoms with Crippen LogP contribution in [-0.4, -0.2) is 10.5 Å². The number of carbonyl (C=O) groups is 1. The second-order valence-electron chi connectivity index (χ2n) is 7.50. The van der Waals surface area contributed by atoms with E-state index < -0.39 is 5.91 Å². The molecule has 3 rings (SSSR count). The Balaban J connectivity index is 2.08. The summed E-state index contributed by atoms with van der Waals surface area (Å²) < 4.78 is 15.7. The number of hydrogen-bond donors (Lipinski definition) is 1. The van der Waals surface area contributed by atoms with Crippen LogP contribution < -0.4 is 5.73 Å². The lowest BCUT2D eigenvalue weighted by Crippen LogP contribution is -2.14. The molecule has 3 nitrogen and oxygen atoms in total. The zero-order valence-corrected chi connectivity index (χ0v) is 17.2. The Morgan fingerprint density at radius 3 is 2.31 bits per heavy atom. The van der Waals surface area contributed by atoms with Crippen molar-refractivity contribution in [3.8, 4) is 11.1 Å². The topological polar surface area (TPSA) is 48.0 Å². The molecular formula is C25H29FN2O. The van der Waals surface area contributed by atoms with Crippen molar-refractivity contribution in [2.45, 2.75) is 52.5 Å². The van der Waals surface area contributed by atoms with Crippen LogP contribution in [0.5, 0.6) is 0 Å². The number of nitrogens with two attached hydrogens (primary N) is 1. The number of aryl methyl sites for hydroxylation is 1. The van der Waals surface area contributed by atoms with Crippen molar-refractivity contribution in [1.29, 1.82) is 0 Å². The zero-order chi connectivity index (χ0) is 20.8. The van der Waals surface area contributed by atoms with Gasteiger partial charge < -0.3 is 10.3 Å². The molecule has 1 amide bonds. The van der Waals surface area contributed by atoms with E-state index in [0.29, 0.717) is 5.56 Å². The summed E-state index contributed by atoms with van der Waals surface area (Å²) in [5, 5.41) is 0. The average molecular weight is 393 g/mol. The summed E-state index contributed by atoms with van der Waals surface area (Å²) in [5.74, 6) is -0.723. The Morgan fingerprint density at radius 2 is 1.69 bits per heavy atom. The number of benzene rings is 2. The predicted octanol–water partition coefficient (Wildman–Crippen LogP) is 5.68. The quantitative estimate of drug-likeness (QED) is 0.468. The fraction of sp³-hybridized carbons (Fsp3) is 0.320. The van der Waals surface area contributed by atoms with E-state index in [-0.39, 0.29) is 5.82 Å². The van der Waals surface area contributed by atoms with E-state index in [1.807, 2.05) is 25.1 Å².